The number of hydrogen-bond acceptors (Lipinski definition) is 3. The summed E-state index contributed by atoms with van der Waals surface area (Å²) < 4.78 is 5.85. The first-order valence-corrected chi connectivity index (χ1v) is 7.26. The first kappa shape index (κ1) is 13.3. The Labute approximate surface area is 105 Å². The van der Waals surface area contributed by atoms with Crippen LogP contribution < -0.4 is 5.32 Å². The van der Waals surface area contributed by atoms with Gasteiger partial charge < -0.3 is 15.2 Å². The second-order valence-electron chi connectivity index (χ2n) is 5.88. The van der Waals surface area contributed by atoms with Gasteiger partial charge in [-0.2, -0.15) is 0 Å². The van der Waals surface area contributed by atoms with Crippen LogP contribution >= 0.6 is 0 Å². The van der Waals surface area contributed by atoms with E-state index in [2.05, 4.69) is 12.2 Å². The molecule has 1 aliphatic heterocycles. The zero-order valence-corrected chi connectivity index (χ0v) is 11.0. The second-order valence-corrected chi connectivity index (χ2v) is 5.88. The van der Waals surface area contributed by atoms with Gasteiger partial charge in [-0.3, -0.25) is 0 Å². The average molecular weight is 241 g/mol. The van der Waals surface area contributed by atoms with Gasteiger partial charge in [-0.25, -0.2) is 0 Å². The quantitative estimate of drug-likeness (QED) is 0.773. The fraction of sp³-hybridized carbons (Fsp3) is 1.00. The van der Waals surface area contributed by atoms with Crippen LogP contribution in [0, 0.1) is 11.8 Å². The summed E-state index contributed by atoms with van der Waals surface area (Å²) in [4.78, 5) is 0. The molecule has 1 saturated heterocycles. The first-order chi connectivity index (χ1) is 8.25. The van der Waals surface area contributed by atoms with Crippen LogP contribution in [0.4, 0.5) is 0 Å². The van der Waals surface area contributed by atoms with E-state index in [1.54, 1.807) is 0 Å². The van der Waals surface area contributed by atoms with E-state index in [1.165, 1.54) is 32.1 Å². The summed E-state index contributed by atoms with van der Waals surface area (Å²) in [5.74, 6) is 1.37. The Morgan fingerprint density at radius 3 is 2.76 bits per heavy atom. The highest BCUT2D eigenvalue weighted by atomic mass is 16.5. The standard InChI is InChI=1S/C14H27NO2/c1-11-6-7-15-9-14(11)17-10-13(16)8-12-4-2-3-5-12/h11-16H,2-10H2,1H3. The summed E-state index contributed by atoms with van der Waals surface area (Å²) >= 11 is 0. The minimum atomic E-state index is -0.257. The SMILES string of the molecule is CC1CCNCC1OCC(O)CC1CCCC1. The van der Waals surface area contributed by atoms with Gasteiger partial charge in [-0.15, -0.1) is 0 Å². The Balaban J connectivity index is 1.62. The molecule has 2 rings (SSSR count). The number of rotatable bonds is 5. The molecule has 1 aliphatic carbocycles. The van der Waals surface area contributed by atoms with Crippen LogP contribution in [0.2, 0.25) is 0 Å². The van der Waals surface area contributed by atoms with Crippen molar-refractivity contribution in [2.45, 2.75) is 57.7 Å². The zero-order chi connectivity index (χ0) is 12.1. The van der Waals surface area contributed by atoms with E-state index in [-0.39, 0.29) is 6.10 Å². The Hall–Kier alpha value is -0.120. The molecule has 2 aliphatic rings. The molecule has 3 nitrogen and oxygen atoms in total. The van der Waals surface area contributed by atoms with Crippen molar-refractivity contribution >= 4 is 0 Å². The van der Waals surface area contributed by atoms with Crippen molar-refractivity contribution < 1.29 is 9.84 Å². The highest BCUT2D eigenvalue weighted by Crippen LogP contribution is 2.28. The van der Waals surface area contributed by atoms with E-state index in [4.69, 9.17) is 4.74 Å². The minimum Gasteiger partial charge on any atom is -0.391 e. The van der Waals surface area contributed by atoms with E-state index in [9.17, 15) is 5.11 Å². The van der Waals surface area contributed by atoms with Crippen LogP contribution in [0.3, 0.4) is 0 Å². The summed E-state index contributed by atoms with van der Waals surface area (Å²) in [7, 11) is 0. The van der Waals surface area contributed by atoms with E-state index in [0.717, 1.165) is 25.4 Å². The molecule has 0 aromatic carbocycles. The molecule has 0 spiro atoms. The maximum absolute atomic E-state index is 9.98. The molecule has 0 radical (unpaired) electrons. The lowest BCUT2D eigenvalue weighted by molar-refractivity contribution is -0.0446. The Kier molecular flexibility index (Phi) is 5.26. The van der Waals surface area contributed by atoms with E-state index < -0.39 is 0 Å². The van der Waals surface area contributed by atoms with Crippen molar-refractivity contribution in [1.29, 1.82) is 0 Å². The molecular weight excluding hydrogens is 214 g/mol. The Bertz CT molecular complexity index is 216. The van der Waals surface area contributed by atoms with Gasteiger partial charge >= 0.3 is 0 Å². The smallest absolute Gasteiger partial charge is 0.0776 e. The highest BCUT2D eigenvalue weighted by molar-refractivity contribution is 4.77. The maximum atomic E-state index is 9.98. The Morgan fingerprint density at radius 1 is 1.29 bits per heavy atom. The van der Waals surface area contributed by atoms with Crippen LogP contribution in [-0.2, 0) is 4.74 Å². The van der Waals surface area contributed by atoms with Crippen LogP contribution in [0.1, 0.15) is 45.4 Å². The number of ether oxygens (including phenoxy) is 1. The molecular formula is C14H27NO2. The van der Waals surface area contributed by atoms with Crippen molar-refractivity contribution in [2.75, 3.05) is 19.7 Å². The average Bonchev–Trinajstić information content (AvgIpc) is 2.81. The van der Waals surface area contributed by atoms with Gasteiger partial charge in [0.2, 0.25) is 0 Å². The van der Waals surface area contributed by atoms with Crippen LogP contribution in [0.25, 0.3) is 0 Å². The summed E-state index contributed by atoms with van der Waals surface area (Å²) in [6.07, 6.45) is 7.47. The minimum absolute atomic E-state index is 0.257. The lowest BCUT2D eigenvalue weighted by Crippen LogP contribution is -2.42. The van der Waals surface area contributed by atoms with Crippen molar-refractivity contribution in [3.63, 3.8) is 0 Å². The van der Waals surface area contributed by atoms with Crippen molar-refractivity contribution in [2.24, 2.45) is 11.8 Å². The molecule has 1 saturated carbocycles. The topological polar surface area (TPSA) is 41.5 Å². The normalized spacial score (nSPS) is 32.8. The molecule has 1 heterocycles. The molecule has 100 valence electrons. The van der Waals surface area contributed by atoms with Crippen molar-refractivity contribution in [3.8, 4) is 0 Å². The summed E-state index contributed by atoms with van der Waals surface area (Å²) in [6, 6.07) is 0. The van der Waals surface area contributed by atoms with Gasteiger partial charge in [-0.1, -0.05) is 32.6 Å². The number of aliphatic hydroxyl groups excluding tert-OH is 1. The van der Waals surface area contributed by atoms with Crippen LogP contribution in [0.15, 0.2) is 0 Å². The maximum Gasteiger partial charge on any atom is 0.0776 e. The van der Waals surface area contributed by atoms with Gasteiger partial charge in [0, 0.05) is 6.54 Å². The molecule has 17 heavy (non-hydrogen) atoms. The summed E-state index contributed by atoms with van der Waals surface area (Å²) in [5, 5.41) is 13.3. The lowest BCUT2D eigenvalue weighted by atomic mass is 9.97. The fourth-order valence-electron chi connectivity index (χ4n) is 3.12. The van der Waals surface area contributed by atoms with E-state index in [0.29, 0.717) is 18.6 Å². The van der Waals surface area contributed by atoms with Gasteiger partial charge in [0.05, 0.1) is 18.8 Å². The third-order valence-electron chi connectivity index (χ3n) is 4.34. The van der Waals surface area contributed by atoms with E-state index >= 15 is 0 Å². The summed E-state index contributed by atoms with van der Waals surface area (Å²) in [6.45, 7) is 4.81. The predicted octanol–water partition coefficient (Wildman–Crippen LogP) is 1.94. The van der Waals surface area contributed by atoms with Crippen LogP contribution in [0.5, 0.6) is 0 Å². The molecule has 3 unspecified atom stereocenters. The predicted molar refractivity (Wildman–Crippen MR) is 69.0 cm³/mol. The molecule has 3 heteroatoms. The van der Waals surface area contributed by atoms with Gasteiger partial charge in [0.1, 0.15) is 0 Å². The molecule has 3 atom stereocenters. The van der Waals surface area contributed by atoms with Gasteiger partial charge in [0.15, 0.2) is 0 Å². The van der Waals surface area contributed by atoms with Crippen molar-refractivity contribution in [3.05, 3.63) is 0 Å². The third-order valence-corrected chi connectivity index (χ3v) is 4.34. The first-order valence-electron chi connectivity index (χ1n) is 7.26. The van der Waals surface area contributed by atoms with E-state index in [1.807, 2.05) is 0 Å². The molecule has 0 aromatic heterocycles. The van der Waals surface area contributed by atoms with Gasteiger partial charge in [0.25, 0.3) is 0 Å². The van der Waals surface area contributed by atoms with Crippen molar-refractivity contribution in [1.82, 2.24) is 5.32 Å². The number of hydrogen-bond donors (Lipinski definition) is 2. The molecule has 0 amide bonds. The molecule has 0 aromatic rings. The fourth-order valence-corrected chi connectivity index (χ4v) is 3.12. The number of nitrogens with one attached hydrogen (secondary N) is 1. The number of aliphatic hydroxyl groups is 1. The zero-order valence-electron chi connectivity index (χ0n) is 11.0. The summed E-state index contributed by atoms with van der Waals surface area (Å²) in [5.41, 5.74) is 0. The number of piperidine rings is 1. The lowest BCUT2D eigenvalue weighted by Gasteiger charge is -2.30. The molecule has 2 fully saturated rings. The van der Waals surface area contributed by atoms with Crippen LogP contribution in [-0.4, -0.2) is 37.0 Å². The molecule has 0 bridgehead atoms. The Morgan fingerprint density at radius 2 is 2.06 bits per heavy atom. The molecule has 2 N–H and O–H groups in total. The second kappa shape index (κ2) is 6.72. The van der Waals surface area contributed by atoms with Gasteiger partial charge in [-0.05, 0) is 31.2 Å². The monoisotopic (exact) mass is 241 g/mol. The third kappa shape index (κ3) is 4.23. The highest BCUT2D eigenvalue weighted by Gasteiger charge is 2.24. The largest absolute Gasteiger partial charge is 0.391 e.